The van der Waals surface area contributed by atoms with E-state index in [-0.39, 0.29) is 32.2 Å². The van der Waals surface area contributed by atoms with Crippen LogP contribution in [0.15, 0.2) is 12.1 Å². The standard InChI is InChI=1S/C27H44N4O8S/c1-6-7-12-30(13-8-11-29(2)3)24(32)17-31-16-20(19-14-22(37-4)26-23(15-19)38-18-39-26)25(27(33)34)21(31)9-10-28-40(5,35)36/h14-15,20-21,25,28H,6-13,16-18H2,1-5H3,(H,33,34)/t20-,21+,25?/m1/s1. The summed E-state index contributed by atoms with van der Waals surface area (Å²) in [6.45, 7) is 4.68. The summed E-state index contributed by atoms with van der Waals surface area (Å²) in [5.41, 5.74) is 0.707. The van der Waals surface area contributed by atoms with Crippen molar-refractivity contribution in [3.8, 4) is 17.2 Å². The predicted molar refractivity (Wildman–Crippen MR) is 150 cm³/mol. The Bertz CT molecular complexity index is 1130. The summed E-state index contributed by atoms with van der Waals surface area (Å²) >= 11 is 0. The number of likely N-dealkylation sites (tertiary alicyclic amines) is 1. The van der Waals surface area contributed by atoms with Crippen LogP contribution in [-0.2, 0) is 19.6 Å². The van der Waals surface area contributed by atoms with E-state index in [1.807, 2.05) is 23.9 Å². The number of rotatable bonds is 16. The van der Waals surface area contributed by atoms with Crippen molar-refractivity contribution < 1.29 is 37.3 Å². The molecule has 1 fully saturated rings. The van der Waals surface area contributed by atoms with Gasteiger partial charge in [-0.2, -0.15) is 0 Å². The molecule has 1 aromatic carbocycles. The molecule has 2 aliphatic heterocycles. The van der Waals surface area contributed by atoms with Crippen LogP contribution >= 0.6 is 0 Å². The zero-order valence-corrected chi connectivity index (χ0v) is 25.0. The summed E-state index contributed by atoms with van der Waals surface area (Å²) in [7, 11) is 2.04. The van der Waals surface area contributed by atoms with Crippen molar-refractivity contribution in [2.45, 2.75) is 44.6 Å². The molecular formula is C27H44N4O8S. The monoisotopic (exact) mass is 584 g/mol. The second-order valence-electron chi connectivity index (χ2n) is 10.8. The molecule has 0 bridgehead atoms. The molecule has 1 unspecified atom stereocenters. The van der Waals surface area contributed by atoms with Gasteiger partial charge in [0, 0.05) is 38.1 Å². The van der Waals surface area contributed by atoms with E-state index >= 15 is 0 Å². The van der Waals surface area contributed by atoms with Crippen LogP contribution in [0.4, 0.5) is 0 Å². The maximum atomic E-state index is 13.6. The molecule has 0 saturated carbocycles. The molecule has 1 saturated heterocycles. The van der Waals surface area contributed by atoms with Crippen molar-refractivity contribution in [1.82, 2.24) is 19.4 Å². The molecule has 0 radical (unpaired) electrons. The minimum atomic E-state index is -3.46. The second-order valence-corrected chi connectivity index (χ2v) is 12.6. The number of fused-ring (bicyclic) bond motifs is 1. The third-order valence-corrected chi connectivity index (χ3v) is 8.18. The first kappa shape index (κ1) is 31.9. The molecular weight excluding hydrogens is 540 g/mol. The van der Waals surface area contributed by atoms with Crippen molar-refractivity contribution in [2.75, 3.05) is 73.5 Å². The molecule has 1 amide bonds. The lowest BCUT2D eigenvalue weighted by Gasteiger charge is -2.30. The lowest BCUT2D eigenvalue weighted by atomic mass is 9.84. The Kier molecular flexibility index (Phi) is 11.4. The number of ether oxygens (including phenoxy) is 3. The van der Waals surface area contributed by atoms with Crippen molar-refractivity contribution in [3.63, 3.8) is 0 Å². The predicted octanol–water partition coefficient (Wildman–Crippen LogP) is 1.41. The maximum Gasteiger partial charge on any atom is 0.308 e. The highest BCUT2D eigenvalue weighted by Crippen LogP contribution is 2.47. The third-order valence-electron chi connectivity index (χ3n) is 7.45. The first-order chi connectivity index (χ1) is 18.9. The fourth-order valence-corrected chi connectivity index (χ4v) is 6.00. The van der Waals surface area contributed by atoms with E-state index in [1.165, 1.54) is 7.11 Å². The van der Waals surface area contributed by atoms with Crippen LogP contribution in [0.3, 0.4) is 0 Å². The van der Waals surface area contributed by atoms with Crippen LogP contribution in [0.1, 0.15) is 44.1 Å². The van der Waals surface area contributed by atoms with Crippen molar-refractivity contribution >= 4 is 21.9 Å². The molecule has 40 heavy (non-hydrogen) atoms. The number of unbranched alkanes of at least 4 members (excludes halogenated alkanes) is 1. The highest BCUT2D eigenvalue weighted by atomic mass is 32.2. The van der Waals surface area contributed by atoms with E-state index in [0.29, 0.717) is 42.4 Å². The van der Waals surface area contributed by atoms with Crippen molar-refractivity contribution in [3.05, 3.63) is 17.7 Å². The Hall–Kier alpha value is -2.61. The number of aliphatic carboxylic acids is 1. The summed E-state index contributed by atoms with van der Waals surface area (Å²) in [6, 6.07) is 2.98. The van der Waals surface area contributed by atoms with Gasteiger partial charge in [-0.05, 0) is 57.6 Å². The quantitative estimate of drug-likeness (QED) is 0.293. The number of hydrogen-bond acceptors (Lipinski definition) is 9. The van der Waals surface area contributed by atoms with Gasteiger partial charge in [0.05, 0.1) is 25.8 Å². The lowest BCUT2D eigenvalue weighted by Crippen LogP contribution is -2.46. The van der Waals surface area contributed by atoms with E-state index in [1.54, 1.807) is 12.1 Å². The van der Waals surface area contributed by atoms with Gasteiger partial charge in [-0.15, -0.1) is 0 Å². The number of hydrogen-bond donors (Lipinski definition) is 2. The number of benzene rings is 1. The summed E-state index contributed by atoms with van der Waals surface area (Å²) < 4.78 is 42.5. The second kappa shape index (κ2) is 14.3. The van der Waals surface area contributed by atoms with Gasteiger partial charge >= 0.3 is 5.97 Å². The summed E-state index contributed by atoms with van der Waals surface area (Å²) in [4.78, 5) is 32.1. The van der Waals surface area contributed by atoms with E-state index in [0.717, 1.165) is 32.1 Å². The average molecular weight is 585 g/mol. The van der Waals surface area contributed by atoms with E-state index in [4.69, 9.17) is 14.2 Å². The van der Waals surface area contributed by atoms with Gasteiger partial charge in [0.2, 0.25) is 28.5 Å². The molecule has 2 heterocycles. The normalized spacial score (nSPS) is 20.7. The zero-order valence-electron chi connectivity index (χ0n) is 24.2. The first-order valence-corrected chi connectivity index (χ1v) is 15.7. The SMILES string of the molecule is CCCCN(CCCN(C)C)C(=O)CN1C[C@H](c2cc(OC)c3c(c2)OCO3)C(C(=O)O)[C@@H]1CCNS(C)(=O)=O. The average Bonchev–Trinajstić information content (AvgIpc) is 3.49. The van der Waals surface area contributed by atoms with Gasteiger partial charge in [-0.25, -0.2) is 13.1 Å². The van der Waals surface area contributed by atoms with Crippen LogP contribution in [0.25, 0.3) is 0 Å². The molecule has 2 aliphatic rings. The highest BCUT2D eigenvalue weighted by Gasteiger charge is 2.47. The summed E-state index contributed by atoms with van der Waals surface area (Å²) in [5.74, 6) is -1.01. The van der Waals surface area contributed by atoms with Gasteiger partial charge in [0.25, 0.3) is 0 Å². The van der Waals surface area contributed by atoms with Gasteiger partial charge < -0.3 is 29.1 Å². The molecule has 1 aromatic rings. The molecule has 13 heteroatoms. The number of carbonyl (C=O) groups is 2. The number of carboxylic acids is 1. The van der Waals surface area contributed by atoms with Crippen LogP contribution < -0.4 is 18.9 Å². The molecule has 3 rings (SSSR count). The Morgan fingerprint density at radius 2 is 1.90 bits per heavy atom. The largest absolute Gasteiger partial charge is 0.493 e. The van der Waals surface area contributed by atoms with Crippen LogP contribution in [-0.4, -0.2) is 120 Å². The Morgan fingerprint density at radius 3 is 2.52 bits per heavy atom. The van der Waals surface area contributed by atoms with Crippen molar-refractivity contribution in [1.29, 1.82) is 0 Å². The fourth-order valence-electron chi connectivity index (χ4n) is 5.51. The van der Waals surface area contributed by atoms with E-state index in [9.17, 15) is 23.1 Å². The maximum absolute atomic E-state index is 13.6. The summed E-state index contributed by atoms with van der Waals surface area (Å²) in [6.07, 6.45) is 3.98. The minimum absolute atomic E-state index is 0.0456. The van der Waals surface area contributed by atoms with E-state index in [2.05, 4.69) is 16.5 Å². The molecule has 12 nitrogen and oxygen atoms in total. The molecule has 0 aliphatic carbocycles. The Labute approximate surface area is 237 Å². The smallest absolute Gasteiger partial charge is 0.308 e. The van der Waals surface area contributed by atoms with Gasteiger partial charge in [0.1, 0.15) is 0 Å². The number of methoxy groups -OCH3 is 1. The number of nitrogens with one attached hydrogen (secondary N) is 1. The van der Waals surface area contributed by atoms with Crippen molar-refractivity contribution in [2.24, 2.45) is 5.92 Å². The van der Waals surface area contributed by atoms with Gasteiger partial charge in [-0.3, -0.25) is 14.5 Å². The number of sulfonamides is 1. The molecule has 2 N–H and O–H groups in total. The number of carbonyl (C=O) groups excluding carboxylic acids is 1. The van der Waals surface area contributed by atoms with Gasteiger partial charge in [0.15, 0.2) is 11.5 Å². The topological polar surface area (TPSA) is 138 Å². The Balaban J connectivity index is 1.89. The van der Waals surface area contributed by atoms with Gasteiger partial charge in [-0.1, -0.05) is 13.3 Å². The number of carboxylic acid groups (broad SMARTS) is 1. The summed E-state index contributed by atoms with van der Waals surface area (Å²) in [5, 5.41) is 10.4. The zero-order chi connectivity index (χ0) is 29.4. The molecule has 0 aromatic heterocycles. The van der Waals surface area contributed by atoms with Crippen LogP contribution in [0, 0.1) is 5.92 Å². The molecule has 226 valence electrons. The highest BCUT2D eigenvalue weighted by molar-refractivity contribution is 7.88. The van der Waals surface area contributed by atoms with E-state index < -0.39 is 33.9 Å². The first-order valence-electron chi connectivity index (χ1n) is 13.8. The van der Waals surface area contributed by atoms with Crippen LogP contribution in [0.5, 0.6) is 17.2 Å². The Morgan fingerprint density at radius 1 is 1.18 bits per heavy atom. The minimum Gasteiger partial charge on any atom is -0.493 e. The molecule has 0 spiro atoms. The third kappa shape index (κ3) is 8.45. The van der Waals surface area contributed by atoms with Crippen LogP contribution in [0.2, 0.25) is 0 Å². The number of nitrogens with zero attached hydrogens (tertiary/aromatic N) is 3. The number of amides is 1. The molecule has 3 atom stereocenters. The lowest BCUT2D eigenvalue weighted by molar-refractivity contribution is -0.143. The fraction of sp³-hybridized carbons (Fsp3) is 0.704.